The van der Waals surface area contributed by atoms with Crippen LogP contribution in [0.2, 0.25) is 0 Å². The highest BCUT2D eigenvalue weighted by Gasteiger charge is 2.07. The number of methoxy groups -OCH3 is 1. The number of ether oxygens (including phenoxy) is 1. The first-order valence-corrected chi connectivity index (χ1v) is 5.05. The van der Waals surface area contributed by atoms with Crippen LogP contribution < -0.4 is 0 Å². The quantitative estimate of drug-likeness (QED) is 0.683. The summed E-state index contributed by atoms with van der Waals surface area (Å²) < 4.78 is 6.73. The second kappa shape index (κ2) is 6.55. The van der Waals surface area contributed by atoms with Crippen LogP contribution in [0.25, 0.3) is 0 Å². The van der Waals surface area contributed by atoms with Crippen molar-refractivity contribution in [1.29, 1.82) is 0 Å². The molecule has 0 aromatic carbocycles. The highest BCUT2D eigenvalue weighted by atomic mass is 16.5. The Labute approximate surface area is 90.3 Å². The molecule has 0 aliphatic rings. The van der Waals surface area contributed by atoms with E-state index in [0.717, 1.165) is 13.1 Å². The Balaban J connectivity index is 2.15. The summed E-state index contributed by atoms with van der Waals surface area (Å²) in [5.74, 6) is 0. The van der Waals surface area contributed by atoms with E-state index in [1.807, 2.05) is 24.0 Å². The molecule has 0 aliphatic heterocycles. The van der Waals surface area contributed by atoms with Gasteiger partial charge in [0.1, 0.15) is 0 Å². The van der Waals surface area contributed by atoms with E-state index in [1.54, 1.807) is 13.3 Å². The van der Waals surface area contributed by atoms with Gasteiger partial charge in [-0.25, -0.2) is 0 Å². The molecule has 0 saturated carbocycles. The van der Waals surface area contributed by atoms with E-state index in [9.17, 15) is 5.11 Å². The first-order chi connectivity index (χ1) is 7.22. The maximum absolute atomic E-state index is 9.49. The summed E-state index contributed by atoms with van der Waals surface area (Å²) in [6, 6.07) is 1.90. The standard InChI is InChI=1S/C10H19N3O2/c1-12(8-10(14)9-15-2)6-7-13-5-3-4-11-13/h3-5,10,14H,6-9H2,1-2H3. The van der Waals surface area contributed by atoms with Crippen molar-refractivity contribution in [3.63, 3.8) is 0 Å². The van der Waals surface area contributed by atoms with Gasteiger partial charge in [-0.3, -0.25) is 4.68 Å². The summed E-state index contributed by atoms with van der Waals surface area (Å²) in [4.78, 5) is 2.06. The Kier molecular flexibility index (Phi) is 5.31. The van der Waals surface area contributed by atoms with E-state index in [0.29, 0.717) is 13.2 Å². The van der Waals surface area contributed by atoms with Crippen LogP contribution in [-0.4, -0.2) is 59.7 Å². The van der Waals surface area contributed by atoms with Crippen molar-refractivity contribution in [2.24, 2.45) is 0 Å². The molecule has 5 heteroatoms. The fourth-order valence-corrected chi connectivity index (χ4v) is 1.40. The zero-order valence-electron chi connectivity index (χ0n) is 9.33. The van der Waals surface area contributed by atoms with Crippen molar-refractivity contribution < 1.29 is 9.84 Å². The lowest BCUT2D eigenvalue weighted by molar-refractivity contribution is 0.0425. The number of aliphatic hydroxyl groups excluding tert-OH is 1. The van der Waals surface area contributed by atoms with Crippen LogP contribution in [0.5, 0.6) is 0 Å². The van der Waals surface area contributed by atoms with Gasteiger partial charge in [-0.05, 0) is 13.1 Å². The zero-order chi connectivity index (χ0) is 11.1. The first-order valence-electron chi connectivity index (χ1n) is 5.05. The van der Waals surface area contributed by atoms with E-state index in [1.165, 1.54) is 0 Å². The normalized spacial score (nSPS) is 13.3. The van der Waals surface area contributed by atoms with Crippen molar-refractivity contribution in [2.75, 3.05) is 33.9 Å². The summed E-state index contributed by atoms with van der Waals surface area (Å²) >= 11 is 0. The molecule has 86 valence electrons. The minimum atomic E-state index is -0.419. The number of hydrogen-bond donors (Lipinski definition) is 1. The Morgan fingerprint density at radius 3 is 3.00 bits per heavy atom. The Hall–Kier alpha value is -0.910. The van der Waals surface area contributed by atoms with E-state index in [4.69, 9.17) is 4.74 Å². The molecule has 0 radical (unpaired) electrons. The maximum atomic E-state index is 9.49. The van der Waals surface area contributed by atoms with E-state index < -0.39 is 6.10 Å². The average Bonchev–Trinajstić information content (AvgIpc) is 2.67. The number of aromatic nitrogens is 2. The van der Waals surface area contributed by atoms with Gasteiger partial charge in [0.2, 0.25) is 0 Å². The molecule has 1 heterocycles. The van der Waals surface area contributed by atoms with Gasteiger partial charge in [0.05, 0.1) is 19.3 Å². The highest BCUT2D eigenvalue weighted by Crippen LogP contribution is 1.92. The monoisotopic (exact) mass is 213 g/mol. The number of aliphatic hydroxyl groups is 1. The van der Waals surface area contributed by atoms with Crippen LogP contribution in [-0.2, 0) is 11.3 Å². The molecule has 1 aromatic heterocycles. The Bertz CT molecular complexity index is 251. The van der Waals surface area contributed by atoms with Crippen molar-refractivity contribution in [2.45, 2.75) is 12.6 Å². The van der Waals surface area contributed by atoms with Crippen LogP contribution in [0.3, 0.4) is 0 Å². The zero-order valence-corrected chi connectivity index (χ0v) is 9.33. The van der Waals surface area contributed by atoms with Gasteiger partial charge < -0.3 is 14.7 Å². The van der Waals surface area contributed by atoms with Crippen LogP contribution in [0.1, 0.15) is 0 Å². The SMILES string of the molecule is COCC(O)CN(C)CCn1cccn1. The highest BCUT2D eigenvalue weighted by molar-refractivity contribution is 4.77. The predicted molar refractivity (Wildman–Crippen MR) is 57.6 cm³/mol. The molecule has 0 amide bonds. The van der Waals surface area contributed by atoms with Crippen LogP contribution in [0.4, 0.5) is 0 Å². The summed E-state index contributed by atoms with van der Waals surface area (Å²) in [5, 5.41) is 13.6. The van der Waals surface area contributed by atoms with Gasteiger partial charge in [-0.15, -0.1) is 0 Å². The minimum Gasteiger partial charge on any atom is -0.389 e. The van der Waals surface area contributed by atoms with Gasteiger partial charge in [0.15, 0.2) is 0 Å². The van der Waals surface area contributed by atoms with E-state index >= 15 is 0 Å². The fraction of sp³-hybridized carbons (Fsp3) is 0.700. The molecule has 0 saturated heterocycles. The molecular formula is C10H19N3O2. The summed E-state index contributed by atoms with van der Waals surface area (Å²) in [5.41, 5.74) is 0. The second-order valence-corrected chi connectivity index (χ2v) is 3.64. The smallest absolute Gasteiger partial charge is 0.0899 e. The van der Waals surface area contributed by atoms with Crippen LogP contribution in [0.15, 0.2) is 18.5 Å². The van der Waals surface area contributed by atoms with Crippen molar-refractivity contribution in [1.82, 2.24) is 14.7 Å². The molecule has 0 spiro atoms. The molecule has 5 nitrogen and oxygen atoms in total. The third-order valence-corrected chi connectivity index (χ3v) is 2.15. The van der Waals surface area contributed by atoms with Gasteiger partial charge in [0.25, 0.3) is 0 Å². The summed E-state index contributed by atoms with van der Waals surface area (Å²) in [6.07, 6.45) is 3.27. The van der Waals surface area contributed by atoms with Crippen molar-refractivity contribution in [3.05, 3.63) is 18.5 Å². The lowest BCUT2D eigenvalue weighted by Crippen LogP contribution is -2.34. The van der Waals surface area contributed by atoms with Gasteiger partial charge in [-0.1, -0.05) is 0 Å². The predicted octanol–water partition coefficient (Wildman–Crippen LogP) is -0.178. The summed E-state index contributed by atoms with van der Waals surface area (Å²) in [6.45, 7) is 2.70. The average molecular weight is 213 g/mol. The van der Waals surface area contributed by atoms with Crippen LogP contribution >= 0.6 is 0 Å². The number of nitrogens with zero attached hydrogens (tertiary/aromatic N) is 3. The third kappa shape index (κ3) is 4.92. The number of hydrogen-bond acceptors (Lipinski definition) is 4. The molecule has 0 fully saturated rings. The fourth-order valence-electron chi connectivity index (χ4n) is 1.40. The molecule has 1 aromatic rings. The lowest BCUT2D eigenvalue weighted by Gasteiger charge is -2.19. The minimum absolute atomic E-state index is 0.381. The molecule has 0 aliphatic carbocycles. The lowest BCUT2D eigenvalue weighted by atomic mass is 10.3. The second-order valence-electron chi connectivity index (χ2n) is 3.64. The Morgan fingerprint density at radius 2 is 2.40 bits per heavy atom. The van der Waals surface area contributed by atoms with Crippen molar-refractivity contribution in [3.8, 4) is 0 Å². The van der Waals surface area contributed by atoms with Gasteiger partial charge in [-0.2, -0.15) is 5.10 Å². The number of likely N-dealkylation sites (N-methyl/N-ethyl adjacent to an activating group) is 1. The molecule has 15 heavy (non-hydrogen) atoms. The first kappa shape index (κ1) is 12.2. The van der Waals surface area contributed by atoms with Crippen molar-refractivity contribution >= 4 is 0 Å². The van der Waals surface area contributed by atoms with Gasteiger partial charge in [0, 0.05) is 32.6 Å². The molecule has 1 atom stereocenters. The Morgan fingerprint density at radius 1 is 1.60 bits per heavy atom. The largest absolute Gasteiger partial charge is 0.389 e. The maximum Gasteiger partial charge on any atom is 0.0899 e. The topological polar surface area (TPSA) is 50.5 Å². The van der Waals surface area contributed by atoms with Crippen LogP contribution in [0, 0.1) is 0 Å². The van der Waals surface area contributed by atoms with E-state index in [-0.39, 0.29) is 0 Å². The molecule has 0 bridgehead atoms. The summed E-state index contributed by atoms with van der Waals surface area (Å²) in [7, 11) is 3.56. The van der Waals surface area contributed by atoms with E-state index in [2.05, 4.69) is 10.00 Å². The molecule has 1 rings (SSSR count). The van der Waals surface area contributed by atoms with Gasteiger partial charge >= 0.3 is 0 Å². The molecule has 1 unspecified atom stereocenters. The third-order valence-electron chi connectivity index (χ3n) is 2.15. The number of rotatable bonds is 7. The molecular weight excluding hydrogens is 194 g/mol. The molecule has 1 N–H and O–H groups in total.